The molecule has 7 nitrogen and oxygen atoms in total. The summed E-state index contributed by atoms with van der Waals surface area (Å²) in [6.45, 7) is 0.340. The van der Waals surface area contributed by atoms with E-state index in [1.54, 1.807) is 7.05 Å². The summed E-state index contributed by atoms with van der Waals surface area (Å²) in [6, 6.07) is -0.525. The second-order valence-corrected chi connectivity index (χ2v) is 11.0. The molecule has 0 heterocycles. The van der Waals surface area contributed by atoms with Crippen LogP contribution < -0.4 is 16.5 Å². The maximum absolute atomic E-state index is 10.9. The van der Waals surface area contributed by atoms with Crippen LogP contribution in [0.15, 0.2) is 0 Å². The Morgan fingerprint density at radius 3 is 1.40 bits per heavy atom. The number of amides is 1. The quantitative estimate of drug-likeness (QED) is 0.0610. The number of nitrogens with two attached hydrogens (primary N) is 1. The fourth-order valence-corrected chi connectivity index (χ4v) is 5.58. The van der Waals surface area contributed by atoms with Gasteiger partial charge >= 0.3 is 5.97 Å². The highest BCUT2D eigenvalue weighted by atomic mass is 16.6. The molecule has 0 saturated heterocycles. The Kier molecular flexibility index (Phi) is 27.2. The zero-order valence-corrected chi connectivity index (χ0v) is 26.1. The Balaban J connectivity index is 0. The summed E-state index contributed by atoms with van der Waals surface area (Å²) in [6.07, 6.45) is -9.88. The summed E-state index contributed by atoms with van der Waals surface area (Å²) in [5.74, 6) is 3.59. The van der Waals surface area contributed by atoms with Crippen LogP contribution >= 0.6 is 0 Å². The first-order chi connectivity index (χ1) is 20.8. The Morgan fingerprint density at radius 1 is 0.711 bits per heavy atom. The van der Waals surface area contributed by atoms with Gasteiger partial charge in [-0.3, -0.25) is 14.4 Å². The standard InChI is InChI=1S/C9H19N3O4.B29/c1-11-7(9(14)15)4-2-3-5-12-8(13)6-16-10;1-16-24(17(2)3)28(25(18(4)5)19(6)7)29(26(20(8)9)21(10)11)27(22(12)13)23(14)15/h7,11H,2-6,10H2,1H3,(H,12,13)(H,14,15);. The number of carbonyl (C=O) groups excluding carboxylic acids is 1. The van der Waals surface area contributed by atoms with Crippen LogP contribution in [-0.2, 0) is 14.4 Å². The number of carboxylic acids is 1. The molecule has 31 radical (unpaired) electrons. The van der Waals surface area contributed by atoms with Gasteiger partial charge in [-0.1, -0.05) is 0 Å². The van der Waals surface area contributed by atoms with E-state index in [9.17, 15) is 9.59 Å². The van der Waals surface area contributed by atoms with E-state index in [1.165, 1.54) is 7.06 Å². The van der Waals surface area contributed by atoms with E-state index < -0.39 is 95.0 Å². The van der Waals surface area contributed by atoms with Gasteiger partial charge in [-0.2, -0.15) is 0 Å². The number of carbonyl (C=O) groups is 2. The summed E-state index contributed by atoms with van der Waals surface area (Å²) in [5.41, 5.74) is 0. The lowest BCUT2D eigenvalue weighted by Gasteiger charge is -2.49. The molecule has 0 aliphatic heterocycles. The fourth-order valence-electron chi connectivity index (χ4n) is 5.58. The zero-order valence-electron chi connectivity index (χ0n) is 26.1. The minimum absolute atomic E-state index is 0.158. The van der Waals surface area contributed by atoms with Crippen LogP contribution in [0.5, 0.6) is 0 Å². The number of nitrogens with one attached hydrogen (secondary N) is 2. The lowest BCUT2D eigenvalue weighted by Crippen LogP contribution is -2.87. The van der Waals surface area contributed by atoms with Crippen LogP contribution in [0.2, 0.25) is 0 Å². The molecule has 1 atom stereocenters. The molecule has 181 valence electrons. The van der Waals surface area contributed by atoms with E-state index in [0.29, 0.717) is 13.0 Å². The third-order valence-electron chi connectivity index (χ3n) is 7.66. The van der Waals surface area contributed by atoms with Gasteiger partial charge in [0.15, 0.2) is 0 Å². The second-order valence-electron chi connectivity index (χ2n) is 11.0. The number of rotatable bonds is 22. The van der Waals surface area contributed by atoms with Gasteiger partial charge in [0.05, 0.1) is 0 Å². The number of hydrogen-bond acceptors (Lipinski definition) is 5. The number of likely N-dealkylation sites (N-methyl/N-ethyl adjacent to an activating group) is 1. The Morgan fingerprint density at radius 2 is 1.11 bits per heavy atom. The Hall–Kier alpha value is 0.703. The van der Waals surface area contributed by atoms with Crippen LogP contribution in [0.25, 0.3) is 0 Å². The fraction of sp³-hybridized carbons (Fsp3) is 0.778. The topological polar surface area (TPSA) is 114 Å². The largest absolute Gasteiger partial charge is 0.480 e. The number of carboxylic acid groups (broad SMARTS) is 1. The van der Waals surface area contributed by atoms with Crippen molar-refractivity contribution in [3.8, 4) is 0 Å². The van der Waals surface area contributed by atoms with Gasteiger partial charge in [0.1, 0.15) is 12.6 Å². The summed E-state index contributed by atoms with van der Waals surface area (Å²) in [7, 11) is 92.8. The maximum Gasteiger partial charge on any atom is 0.320 e. The molecule has 0 aromatic rings. The first-order valence-corrected chi connectivity index (χ1v) is 14.4. The molecular weight excluding hydrogens is 528 g/mol. The molecule has 0 aliphatic rings. The molecule has 0 rings (SSSR count). The van der Waals surface area contributed by atoms with Crippen LogP contribution in [0, 0.1) is 0 Å². The molecule has 0 aliphatic carbocycles. The number of unbranched alkanes of at least 4 members (excludes halogenated alkanes) is 1. The third-order valence-corrected chi connectivity index (χ3v) is 7.66. The molecule has 0 aromatic carbocycles. The van der Waals surface area contributed by atoms with Gasteiger partial charge in [-0.15, -0.1) is 0 Å². The molecule has 5 N–H and O–H groups in total. The lowest BCUT2D eigenvalue weighted by molar-refractivity contribution is -0.139. The molecule has 1 amide bonds. The molecule has 1 unspecified atom stereocenters. The molecule has 45 heavy (non-hydrogen) atoms. The van der Waals surface area contributed by atoms with Crippen molar-refractivity contribution < 1.29 is 19.5 Å². The van der Waals surface area contributed by atoms with Gasteiger partial charge in [0, 0.05) is 213 Å². The van der Waals surface area contributed by atoms with Gasteiger partial charge in [0.25, 0.3) is 0 Å². The van der Waals surface area contributed by atoms with Crippen LogP contribution in [0.3, 0.4) is 0 Å². The Bertz CT molecular complexity index is 752. The van der Waals surface area contributed by atoms with Crippen LogP contribution in [0.1, 0.15) is 19.3 Å². The molecule has 0 bridgehead atoms. The average molecular weight is 547 g/mol. The van der Waals surface area contributed by atoms with E-state index in [-0.39, 0.29) is 12.5 Å². The van der Waals surface area contributed by atoms with Crippen molar-refractivity contribution in [3.05, 3.63) is 0 Å². The summed E-state index contributed by atoms with van der Waals surface area (Å²) in [5, 5.41) is 14.0. The molecule has 36 heteroatoms. The van der Waals surface area contributed by atoms with Crippen molar-refractivity contribution in [2.45, 2.75) is 25.3 Å². The Labute approximate surface area is 298 Å². The van der Waals surface area contributed by atoms with Crippen molar-refractivity contribution in [1.82, 2.24) is 10.6 Å². The molecule has 0 spiro atoms. The highest BCUT2D eigenvalue weighted by Crippen LogP contribution is 2.13. The van der Waals surface area contributed by atoms with E-state index >= 15 is 0 Å². The molecule has 0 aromatic heterocycles. The van der Waals surface area contributed by atoms with Crippen molar-refractivity contribution in [2.24, 2.45) is 5.90 Å². The first-order valence-electron chi connectivity index (χ1n) is 14.4. The SMILES string of the molecule is CNC(CCCCNC(=O)CON)C(=O)O.[B][B]B(B([B])[B])B(B(B([B])[B])B([B])[B])B(B(B([B])[B])B([B])[B])B(B([B])[B])B([B])[B]. The third kappa shape index (κ3) is 17.8. The van der Waals surface area contributed by atoms with Crippen LogP contribution in [-0.4, -0.2) is 249 Å². The minimum Gasteiger partial charge on any atom is -0.480 e. The van der Waals surface area contributed by atoms with Crippen LogP contribution in [0.4, 0.5) is 0 Å². The van der Waals surface area contributed by atoms with E-state index in [1.807, 2.05) is 0 Å². The zero-order chi connectivity index (χ0) is 35.6. The van der Waals surface area contributed by atoms with E-state index in [2.05, 4.69) is 15.5 Å². The monoisotopic (exact) mass is 552 g/mol. The highest BCUT2D eigenvalue weighted by molar-refractivity contribution is 8.26. The van der Waals surface area contributed by atoms with Crippen molar-refractivity contribution in [1.29, 1.82) is 0 Å². The van der Waals surface area contributed by atoms with E-state index in [4.69, 9.17) is 127 Å². The van der Waals surface area contributed by atoms with Gasteiger partial charge < -0.3 is 15.7 Å². The second kappa shape index (κ2) is 25.6. The van der Waals surface area contributed by atoms with E-state index in [0.717, 1.165) is 12.8 Å². The molecule has 0 saturated carbocycles. The summed E-state index contributed by atoms with van der Waals surface area (Å²) >= 11 is 0. The van der Waals surface area contributed by atoms with Gasteiger partial charge in [-0.05, 0) is 26.3 Å². The van der Waals surface area contributed by atoms with Crippen molar-refractivity contribution in [2.75, 3.05) is 20.2 Å². The van der Waals surface area contributed by atoms with Gasteiger partial charge in [-0.25, -0.2) is 5.90 Å². The highest BCUT2D eigenvalue weighted by Gasteiger charge is 2.51. The number of hydrogen-bond donors (Lipinski definition) is 4. The van der Waals surface area contributed by atoms with Gasteiger partial charge in [0.2, 0.25) is 5.91 Å². The van der Waals surface area contributed by atoms with Crippen molar-refractivity contribution >= 4 is 218 Å². The average Bonchev–Trinajstić information content (AvgIpc) is 2.89. The smallest absolute Gasteiger partial charge is 0.320 e. The summed E-state index contributed by atoms with van der Waals surface area (Å²) in [4.78, 5) is 25.7. The van der Waals surface area contributed by atoms with Crippen molar-refractivity contribution in [3.63, 3.8) is 0 Å². The first kappa shape index (κ1) is 47.8. The lowest BCUT2D eigenvalue weighted by atomic mass is 8.32. The predicted octanol–water partition coefficient (Wildman–Crippen LogP) is -12.2. The molecular formula is C9H19B29N3O4. The minimum atomic E-state index is -1.03. The number of aliphatic carboxylic acids is 1. The predicted molar refractivity (Wildman–Crippen MR) is 224 cm³/mol. The summed E-state index contributed by atoms with van der Waals surface area (Å²) < 4.78 is 0. The normalized spacial score (nSPS) is 10.4. The molecule has 0 fully saturated rings. The maximum atomic E-state index is 10.9.